The number of hydrogen-bond donors (Lipinski definition) is 3. The number of anilines is 1. The van der Waals surface area contributed by atoms with Gasteiger partial charge in [-0.15, -0.1) is 0 Å². The maximum absolute atomic E-state index is 4.45. The lowest BCUT2D eigenvalue weighted by molar-refractivity contribution is 0.460. The van der Waals surface area contributed by atoms with E-state index < -0.39 is 0 Å². The van der Waals surface area contributed by atoms with E-state index in [1.54, 1.807) is 0 Å². The van der Waals surface area contributed by atoms with Crippen molar-refractivity contribution in [3.63, 3.8) is 0 Å². The molecule has 1 aromatic carbocycles. The molecular formula is C15H22N4. The normalized spacial score (nSPS) is 20.5. The zero-order valence-corrected chi connectivity index (χ0v) is 11.3. The molecule has 1 saturated heterocycles. The Hall–Kier alpha value is -1.55. The van der Waals surface area contributed by atoms with Crippen LogP contribution in [0.25, 0.3) is 0 Å². The second-order valence-corrected chi connectivity index (χ2v) is 5.29. The first-order chi connectivity index (χ1) is 9.42. The van der Waals surface area contributed by atoms with E-state index in [0.29, 0.717) is 5.92 Å². The largest absolute Gasteiger partial charge is 0.356 e. The molecule has 0 unspecified atom stereocenters. The molecule has 0 aromatic heterocycles. The summed E-state index contributed by atoms with van der Waals surface area (Å²) in [5.74, 6) is 1.61. The van der Waals surface area contributed by atoms with Crippen LogP contribution >= 0.6 is 0 Å². The Kier molecular flexibility index (Phi) is 3.98. The number of nitrogens with zero attached hydrogens (tertiary/aromatic N) is 1. The number of benzene rings is 1. The predicted octanol–water partition coefficient (Wildman–Crippen LogP) is 1.91. The van der Waals surface area contributed by atoms with Gasteiger partial charge < -0.3 is 16.0 Å². The van der Waals surface area contributed by atoms with Crippen molar-refractivity contribution in [2.45, 2.75) is 25.2 Å². The summed E-state index contributed by atoms with van der Waals surface area (Å²) in [7, 11) is 0. The van der Waals surface area contributed by atoms with E-state index in [2.05, 4.69) is 45.2 Å². The Morgan fingerprint density at radius 3 is 2.84 bits per heavy atom. The standard InChI is InChI=1S/C15H22N4/c1-3-13(12-5-9-16-10-6-12)11-14(4-1)19-15-17-7-2-8-18-15/h1,3-4,11-12,16H,2,5-10H2,(H2,17,18,19). The van der Waals surface area contributed by atoms with Gasteiger partial charge in [0.15, 0.2) is 5.96 Å². The monoisotopic (exact) mass is 258 g/mol. The molecule has 2 aliphatic heterocycles. The van der Waals surface area contributed by atoms with Gasteiger partial charge in [0, 0.05) is 18.8 Å². The van der Waals surface area contributed by atoms with Crippen molar-refractivity contribution in [3.8, 4) is 0 Å². The topological polar surface area (TPSA) is 48.5 Å². The van der Waals surface area contributed by atoms with Gasteiger partial charge in [-0.2, -0.15) is 0 Å². The Morgan fingerprint density at radius 2 is 2.05 bits per heavy atom. The first-order valence-electron chi connectivity index (χ1n) is 7.28. The summed E-state index contributed by atoms with van der Waals surface area (Å²) < 4.78 is 0. The van der Waals surface area contributed by atoms with Gasteiger partial charge in [-0.25, -0.2) is 0 Å². The Bertz CT molecular complexity index is 449. The van der Waals surface area contributed by atoms with Crippen molar-refractivity contribution >= 4 is 11.6 Å². The van der Waals surface area contributed by atoms with Crippen LogP contribution in [0.4, 0.5) is 5.69 Å². The molecule has 3 N–H and O–H groups in total. The number of nitrogens with one attached hydrogen (secondary N) is 3. The third kappa shape index (κ3) is 3.26. The summed E-state index contributed by atoms with van der Waals surface area (Å²) in [5.41, 5.74) is 2.59. The van der Waals surface area contributed by atoms with Gasteiger partial charge in [0.1, 0.15) is 0 Å². The highest BCUT2D eigenvalue weighted by atomic mass is 15.2. The van der Waals surface area contributed by atoms with E-state index in [1.165, 1.54) is 18.4 Å². The van der Waals surface area contributed by atoms with Gasteiger partial charge in [-0.1, -0.05) is 12.1 Å². The SMILES string of the molecule is c1cc(NC2=NCCCN2)cc(C2CCNCC2)c1. The molecule has 102 valence electrons. The smallest absolute Gasteiger partial charge is 0.195 e. The summed E-state index contributed by atoms with van der Waals surface area (Å²) >= 11 is 0. The van der Waals surface area contributed by atoms with E-state index in [9.17, 15) is 0 Å². The van der Waals surface area contributed by atoms with E-state index in [4.69, 9.17) is 0 Å². The Morgan fingerprint density at radius 1 is 1.16 bits per heavy atom. The average molecular weight is 258 g/mol. The van der Waals surface area contributed by atoms with Gasteiger partial charge in [0.25, 0.3) is 0 Å². The van der Waals surface area contributed by atoms with Crippen LogP contribution in [0.1, 0.15) is 30.7 Å². The fourth-order valence-corrected chi connectivity index (χ4v) is 2.78. The van der Waals surface area contributed by atoms with E-state index in [0.717, 1.165) is 44.2 Å². The predicted molar refractivity (Wildman–Crippen MR) is 79.8 cm³/mol. The molecule has 3 rings (SSSR count). The minimum absolute atomic E-state index is 0.698. The highest BCUT2D eigenvalue weighted by Crippen LogP contribution is 2.26. The molecule has 19 heavy (non-hydrogen) atoms. The molecule has 0 amide bonds. The average Bonchev–Trinajstić information content (AvgIpc) is 2.49. The molecule has 0 radical (unpaired) electrons. The molecule has 1 aromatic rings. The summed E-state index contributed by atoms with van der Waals surface area (Å²) in [6.45, 7) is 4.20. The fraction of sp³-hybridized carbons (Fsp3) is 0.533. The molecule has 2 heterocycles. The molecule has 0 bridgehead atoms. The number of aliphatic imine (C=N–C) groups is 1. The molecule has 0 saturated carbocycles. The van der Waals surface area contributed by atoms with Crippen LogP contribution in [0.2, 0.25) is 0 Å². The summed E-state index contributed by atoms with van der Waals surface area (Å²) in [6, 6.07) is 8.78. The van der Waals surface area contributed by atoms with Crippen LogP contribution in [0, 0.1) is 0 Å². The van der Waals surface area contributed by atoms with Gasteiger partial charge in [-0.05, 0) is 56.0 Å². The summed E-state index contributed by atoms with van der Waals surface area (Å²) in [4.78, 5) is 4.45. The van der Waals surface area contributed by atoms with Crippen molar-refractivity contribution in [2.75, 3.05) is 31.5 Å². The van der Waals surface area contributed by atoms with Gasteiger partial charge in [-0.3, -0.25) is 4.99 Å². The van der Waals surface area contributed by atoms with Crippen LogP contribution in [-0.4, -0.2) is 32.1 Å². The molecule has 2 aliphatic rings. The van der Waals surface area contributed by atoms with Crippen LogP contribution < -0.4 is 16.0 Å². The molecule has 4 heteroatoms. The molecule has 0 atom stereocenters. The minimum atomic E-state index is 0.698. The van der Waals surface area contributed by atoms with Crippen LogP contribution in [0.15, 0.2) is 29.3 Å². The number of piperidine rings is 1. The van der Waals surface area contributed by atoms with Crippen molar-refractivity contribution in [1.29, 1.82) is 0 Å². The lowest BCUT2D eigenvalue weighted by Gasteiger charge is -2.23. The Labute approximate surface area is 114 Å². The molecule has 0 aliphatic carbocycles. The van der Waals surface area contributed by atoms with Crippen molar-refractivity contribution in [3.05, 3.63) is 29.8 Å². The van der Waals surface area contributed by atoms with Gasteiger partial charge in [0.2, 0.25) is 0 Å². The quantitative estimate of drug-likeness (QED) is 0.759. The summed E-state index contributed by atoms with van der Waals surface area (Å²) in [6.07, 6.45) is 3.60. The van der Waals surface area contributed by atoms with E-state index in [-0.39, 0.29) is 0 Å². The van der Waals surface area contributed by atoms with Gasteiger partial charge in [0.05, 0.1) is 0 Å². The molecule has 1 fully saturated rings. The number of rotatable bonds is 2. The first kappa shape index (κ1) is 12.5. The van der Waals surface area contributed by atoms with E-state index in [1.807, 2.05) is 0 Å². The van der Waals surface area contributed by atoms with E-state index >= 15 is 0 Å². The fourth-order valence-electron chi connectivity index (χ4n) is 2.78. The second kappa shape index (κ2) is 6.06. The number of guanidine groups is 1. The van der Waals surface area contributed by atoms with Crippen molar-refractivity contribution < 1.29 is 0 Å². The lowest BCUT2D eigenvalue weighted by atomic mass is 9.90. The number of hydrogen-bond acceptors (Lipinski definition) is 4. The van der Waals surface area contributed by atoms with Crippen LogP contribution in [0.5, 0.6) is 0 Å². The van der Waals surface area contributed by atoms with Crippen molar-refractivity contribution in [2.24, 2.45) is 4.99 Å². The highest BCUT2D eigenvalue weighted by Gasteiger charge is 2.15. The third-order valence-corrected chi connectivity index (χ3v) is 3.86. The van der Waals surface area contributed by atoms with Crippen LogP contribution in [0.3, 0.4) is 0 Å². The van der Waals surface area contributed by atoms with Gasteiger partial charge >= 0.3 is 0 Å². The highest BCUT2D eigenvalue weighted by molar-refractivity contribution is 5.94. The molecule has 0 spiro atoms. The zero-order chi connectivity index (χ0) is 12.9. The first-order valence-corrected chi connectivity index (χ1v) is 7.28. The van der Waals surface area contributed by atoms with Crippen LogP contribution in [-0.2, 0) is 0 Å². The lowest BCUT2D eigenvalue weighted by Crippen LogP contribution is -2.35. The maximum Gasteiger partial charge on any atom is 0.195 e. The summed E-state index contributed by atoms with van der Waals surface area (Å²) in [5, 5.41) is 10.1. The second-order valence-electron chi connectivity index (χ2n) is 5.29. The zero-order valence-electron chi connectivity index (χ0n) is 11.3. The third-order valence-electron chi connectivity index (χ3n) is 3.86. The molecular weight excluding hydrogens is 236 g/mol. The Balaban J connectivity index is 1.70. The maximum atomic E-state index is 4.45. The minimum Gasteiger partial charge on any atom is -0.356 e. The molecule has 4 nitrogen and oxygen atoms in total. The van der Waals surface area contributed by atoms with Crippen molar-refractivity contribution in [1.82, 2.24) is 10.6 Å².